The number of benzene rings is 1. The fourth-order valence-electron chi connectivity index (χ4n) is 1.21. The molecule has 0 aliphatic rings. The molecule has 0 saturated heterocycles. The molecular weight excluding hydrogens is 246 g/mol. The SMILES string of the molecule is COCCN(C)C(=O)c1cc(S)ccc1Cl. The van der Waals surface area contributed by atoms with Crippen LogP contribution in [-0.2, 0) is 4.74 Å². The number of hydrogen-bond donors (Lipinski definition) is 1. The highest BCUT2D eigenvalue weighted by molar-refractivity contribution is 7.80. The maximum absolute atomic E-state index is 12.0. The van der Waals surface area contributed by atoms with Crippen LogP contribution in [0.5, 0.6) is 0 Å². The van der Waals surface area contributed by atoms with E-state index in [0.29, 0.717) is 28.6 Å². The third kappa shape index (κ3) is 3.40. The third-order valence-electron chi connectivity index (χ3n) is 2.16. The van der Waals surface area contributed by atoms with E-state index in [1.165, 1.54) is 0 Å². The van der Waals surface area contributed by atoms with Gasteiger partial charge in [-0.1, -0.05) is 11.6 Å². The monoisotopic (exact) mass is 259 g/mol. The average Bonchev–Trinajstić information content (AvgIpc) is 2.28. The number of rotatable bonds is 4. The standard InChI is InChI=1S/C11H14ClNO2S/c1-13(5-6-15-2)11(14)9-7-8(16)3-4-10(9)12/h3-4,7,16H,5-6H2,1-2H3. The molecule has 3 nitrogen and oxygen atoms in total. The van der Waals surface area contributed by atoms with Crippen molar-refractivity contribution < 1.29 is 9.53 Å². The lowest BCUT2D eigenvalue weighted by Crippen LogP contribution is -2.30. The van der Waals surface area contributed by atoms with Crippen molar-refractivity contribution in [3.63, 3.8) is 0 Å². The van der Waals surface area contributed by atoms with Gasteiger partial charge in [0.25, 0.3) is 5.91 Å². The Labute approximate surface area is 106 Å². The predicted molar refractivity (Wildman–Crippen MR) is 67.5 cm³/mol. The molecule has 0 bridgehead atoms. The van der Waals surface area contributed by atoms with Crippen LogP contribution >= 0.6 is 24.2 Å². The molecule has 0 fully saturated rings. The number of nitrogens with zero attached hydrogens (tertiary/aromatic N) is 1. The van der Waals surface area contributed by atoms with Crippen LogP contribution in [0, 0.1) is 0 Å². The number of thiol groups is 1. The summed E-state index contributed by atoms with van der Waals surface area (Å²) < 4.78 is 4.91. The molecule has 0 aromatic heterocycles. The van der Waals surface area contributed by atoms with Gasteiger partial charge in [-0.25, -0.2) is 0 Å². The van der Waals surface area contributed by atoms with Gasteiger partial charge in [-0.05, 0) is 18.2 Å². The molecule has 0 atom stereocenters. The molecule has 1 amide bonds. The van der Waals surface area contributed by atoms with Gasteiger partial charge in [0, 0.05) is 25.6 Å². The molecule has 0 radical (unpaired) electrons. The molecule has 88 valence electrons. The van der Waals surface area contributed by atoms with E-state index in [4.69, 9.17) is 16.3 Å². The van der Waals surface area contributed by atoms with Crippen molar-refractivity contribution in [1.82, 2.24) is 4.90 Å². The molecule has 1 aromatic carbocycles. The van der Waals surface area contributed by atoms with Crippen molar-refractivity contribution in [2.24, 2.45) is 0 Å². The Balaban J connectivity index is 2.83. The molecule has 0 heterocycles. The van der Waals surface area contributed by atoms with Gasteiger partial charge in [-0.3, -0.25) is 4.79 Å². The van der Waals surface area contributed by atoms with E-state index >= 15 is 0 Å². The molecule has 5 heteroatoms. The van der Waals surface area contributed by atoms with E-state index in [1.807, 2.05) is 0 Å². The lowest BCUT2D eigenvalue weighted by Gasteiger charge is -2.17. The van der Waals surface area contributed by atoms with E-state index in [9.17, 15) is 4.79 Å². The fourth-order valence-corrected chi connectivity index (χ4v) is 1.61. The van der Waals surface area contributed by atoms with Crippen LogP contribution in [-0.4, -0.2) is 38.1 Å². The Morgan fingerprint density at radius 2 is 2.25 bits per heavy atom. The number of ether oxygens (including phenoxy) is 1. The summed E-state index contributed by atoms with van der Waals surface area (Å²) in [6.45, 7) is 1.03. The first-order valence-corrected chi connectivity index (χ1v) is 5.61. The number of carbonyl (C=O) groups excluding carboxylic acids is 1. The van der Waals surface area contributed by atoms with Crippen LogP contribution in [0.2, 0.25) is 5.02 Å². The Morgan fingerprint density at radius 1 is 1.56 bits per heavy atom. The van der Waals surface area contributed by atoms with Gasteiger partial charge < -0.3 is 9.64 Å². The van der Waals surface area contributed by atoms with E-state index in [0.717, 1.165) is 0 Å². The second-order valence-electron chi connectivity index (χ2n) is 3.38. The number of methoxy groups -OCH3 is 1. The van der Waals surface area contributed by atoms with Crippen LogP contribution in [0.1, 0.15) is 10.4 Å². The molecule has 0 spiro atoms. The van der Waals surface area contributed by atoms with E-state index in [2.05, 4.69) is 12.6 Å². The summed E-state index contributed by atoms with van der Waals surface area (Å²) in [4.78, 5) is 14.3. The Hall–Kier alpha value is -0.710. The van der Waals surface area contributed by atoms with Crippen LogP contribution in [0.3, 0.4) is 0 Å². The smallest absolute Gasteiger partial charge is 0.255 e. The van der Waals surface area contributed by atoms with Gasteiger partial charge in [0.05, 0.1) is 17.2 Å². The minimum Gasteiger partial charge on any atom is -0.383 e. The van der Waals surface area contributed by atoms with Gasteiger partial charge in [0.1, 0.15) is 0 Å². The highest BCUT2D eigenvalue weighted by atomic mass is 35.5. The van der Waals surface area contributed by atoms with Crippen LogP contribution in [0.15, 0.2) is 23.1 Å². The summed E-state index contributed by atoms with van der Waals surface area (Å²) in [5, 5.41) is 0.437. The number of likely N-dealkylation sites (N-methyl/N-ethyl adjacent to an activating group) is 1. The van der Waals surface area contributed by atoms with Crippen LogP contribution < -0.4 is 0 Å². The second-order valence-corrected chi connectivity index (χ2v) is 4.31. The third-order valence-corrected chi connectivity index (χ3v) is 2.77. The minimum atomic E-state index is -0.127. The number of hydrogen-bond acceptors (Lipinski definition) is 3. The van der Waals surface area contributed by atoms with Gasteiger partial charge in [-0.2, -0.15) is 0 Å². The van der Waals surface area contributed by atoms with Crippen molar-refractivity contribution >= 4 is 30.1 Å². The van der Waals surface area contributed by atoms with Gasteiger partial charge in [-0.15, -0.1) is 12.6 Å². The zero-order valence-electron chi connectivity index (χ0n) is 9.24. The lowest BCUT2D eigenvalue weighted by molar-refractivity contribution is 0.0744. The zero-order valence-corrected chi connectivity index (χ0v) is 10.9. The quantitative estimate of drug-likeness (QED) is 0.842. The van der Waals surface area contributed by atoms with Crippen molar-refractivity contribution in [1.29, 1.82) is 0 Å². The maximum Gasteiger partial charge on any atom is 0.255 e. The fraction of sp³-hybridized carbons (Fsp3) is 0.364. The van der Waals surface area contributed by atoms with Crippen molar-refractivity contribution in [2.45, 2.75) is 4.90 Å². The van der Waals surface area contributed by atoms with E-state index in [1.54, 1.807) is 37.3 Å². The van der Waals surface area contributed by atoms with Gasteiger partial charge in [0.15, 0.2) is 0 Å². The molecule has 1 aromatic rings. The van der Waals surface area contributed by atoms with Gasteiger partial charge in [0.2, 0.25) is 0 Å². The molecule has 0 aliphatic carbocycles. The summed E-state index contributed by atoms with van der Waals surface area (Å²) in [6, 6.07) is 5.08. The summed E-state index contributed by atoms with van der Waals surface area (Å²) >= 11 is 10.1. The lowest BCUT2D eigenvalue weighted by atomic mass is 10.2. The highest BCUT2D eigenvalue weighted by Crippen LogP contribution is 2.20. The summed E-state index contributed by atoms with van der Waals surface area (Å²) in [6.07, 6.45) is 0. The van der Waals surface area contributed by atoms with Crippen LogP contribution in [0.25, 0.3) is 0 Å². The molecule has 1 rings (SSSR count). The molecule has 0 saturated carbocycles. The zero-order chi connectivity index (χ0) is 12.1. The summed E-state index contributed by atoms with van der Waals surface area (Å²) in [5.41, 5.74) is 0.466. The summed E-state index contributed by atoms with van der Waals surface area (Å²) in [5.74, 6) is -0.127. The Morgan fingerprint density at radius 3 is 2.88 bits per heavy atom. The Bertz CT molecular complexity index is 384. The largest absolute Gasteiger partial charge is 0.383 e. The van der Waals surface area contributed by atoms with Crippen molar-refractivity contribution in [2.75, 3.05) is 27.3 Å². The molecule has 16 heavy (non-hydrogen) atoms. The normalized spacial score (nSPS) is 10.2. The van der Waals surface area contributed by atoms with Crippen LogP contribution in [0.4, 0.5) is 0 Å². The van der Waals surface area contributed by atoms with Crippen molar-refractivity contribution in [3.05, 3.63) is 28.8 Å². The van der Waals surface area contributed by atoms with E-state index in [-0.39, 0.29) is 5.91 Å². The average molecular weight is 260 g/mol. The maximum atomic E-state index is 12.0. The molecular formula is C11H14ClNO2S. The number of amides is 1. The first-order valence-electron chi connectivity index (χ1n) is 4.79. The predicted octanol–water partition coefficient (Wildman–Crippen LogP) is 2.35. The van der Waals surface area contributed by atoms with Gasteiger partial charge >= 0.3 is 0 Å². The summed E-state index contributed by atoms with van der Waals surface area (Å²) in [7, 11) is 3.31. The highest BCUT2D eigenvalue weighted by Gasteiger charge is 2.14. The second kappa shape index (κ2) is 6.13. The Kier molecular flexibility index (Phi) is 5.12. The first-order chi connectivity index (χ1) is 7.56. The molecule has 0 N–H and O–H groups in total. The number of carbonyl (C=O) groups is 1. The minimum absolute atomic E-state index is 0.127. The molecule has 0 aliphatic heterocycles. The number of halogens is 1. The van der Waals surface area contributed by atoms with Crippen molar-refractivity contribution in [3.8, 4) is 0 Å². The van der Waals surface area contributed by atoms with E-state index < -0.39 is 0 Å². The molecule has 0 unspecified atom stereocenters. The topological polar surface area (TPSA) is 29.5 Å². The first kappa shape index (κ1) is 13.4.